The molecule has 0 spiro atoms. The van der Waals surface area contributed by atoms with Crippen LogP contribution < -0.4 is 0 Å². The summed E-state index contributed by atoms with van der Waals surface area (Å²) in [6.07, 6.45) is 2.12. The van der Waals surface area contributed by atoms with E-state index in [1.807, 2.05) is 37.3 Å². The summed E-state index contributed by atoms with van der Waals surface area (Å²) in [7, 11) is 0. The zero-order chi connectivity index (χ0) is 18.5. The van der Waals surface area contributed by atoms with E-state index >= 15 is 0 Å². The Hall–Kier alpha value is -2.40. The predicted octanol–water partition coefficient (Wildman–Crippen LogP) is 3.82. The van der Waals surface area contributed by atoms with Crippen molar-refractivity contribution >= 4 is 11.8 Å². The third kappa shape index (κ3) is 3.88. The number of esters is 1. The van der Waals surface area contributed by atoms with Crippen LogP contribution in [-0.4, -0.2) is 36.6 Å². The van der Waals surface area contributed by atoms with Gasteiger partial charge in [0.25, 0.3) is 0 Å². The quantitative estimate of drug-likeness (QED) is 0.605. The molecule has 0 radical (unpaired) electrons. The first-order valence-electron chi connectivity index (χ1n) is 9.16. The normalized spacial score (nSPS) is 16.4. The first-order chi connectivity index (χ1) is 12.6. The Morgan fingerprint density at radius 1 is 1.15 bits per heavy atom. The Morgan fingerprint density at radius 2 is 1.92 bits per heavy atom. The fourth-order valence-corrected chi connectivity index (χ4v) is 3.51. The number of benzene rings is 1. The number of hydrogen-bond donors (Lipinski definition) is 1. The number of H-pyrrole nitrogens is 1. The van der Waals surface area contributed by atoms with Crippen LogP contribution in [-0.2, 0) is 15.9 Å². The van der Waals surface area contributed by atoms with Crippen LogP contribution in [0.3, 0.4) is 0 Å². The van der Waals surface area contributed by atoms with Crippen LogP contribution in [0.25, 0.3) is 0 Å². The highest BCUT2D eigenvalue weighted by Gasteiger charge is 2.32. The number of nitrogens with one attached hydrogen (secondary N) is 1. The molecule has 0 fully saturated rings. The van der Waals surface area contributed by atoms with E-state index in [4.69, 9.17) is 9.47 Å². The van der Waals surface area contributed by atoms with Crippen molar-refractivity contribution in [2.24, 2.45) is 0 Å². The molecule has 3 rings (SSSR count). The molecule has 1 atom stereocenters. The summed E-state index contributed by atoms with van der Waals surface area (Å²) in [6, 6.07) is 10.0. The molecule has 0 saturated carbocycles. The number of ether oxygens (including phenoxy) is 2. The summed E-state index contributed by atoms with van der Waals surface area (Å²) in [5, 5.41) is 0. The SMILES string of the molecule is CCCOCCOC(=O)c1[nH]c2c(c1C)C(=O)C[C@@H](c1ccccc1)C2. The van der Waals surface area contributed by atoms with E-state index in [1.165, 1.54) is 0 Å². The van der Waals surface area contributed by atoms with Crippen molar-refractivity contribution in [1.82, 2.24) is 4.98 Å². The molecule has 5 heteroatoms. The largest absolute Gasteiger partial charge is 0.459 e. The summed E-state index contributed by atoms with van der Waals surface area (Å²) in [4.78, 5) is 28.2. The smallest absolute Gasteiger partial charge is 0.355 e. The number of rotatable bonds is 7. The lowest BCUT2D eigenvalue weighted by molar-refractivity contribution is 0.0312. The monoisotopic (exact) mass is 355 g/mol. The maximum absolute atomic E-state index is 12.7. The molecule has 1 aliphatic carbocycles. The number of aromatic amines is 1. The van der Waals surface area contributed by atoms with E-state index in [9.17, 15) is 9.59 Å². The molecule has 0 unspecified atom stereocenters. The van der Waals surface area contributed by atoms with Gasteiger partial charge in [-0.15, -0.1) is 0 Å². The summed E-state index contributed by atoms with van der Waals surface area (Å²) in [5.74, 6) is -0.208. The van der Waals surface area contributed by atoms with Crippen LogP contribution in [0.15, 0.2) is 30.3 Å². The Morgan fingerprint density at radius 3 is 2.65 bits per heavy atom. The van der Waals surface area contributed by atoms with E-state index in [0.717, 1.165) is 24.1 Å². The van der Waals surface area contributed by atoms with Crippen molar-refractivity contribution < 1.29 is 19.1 Å². The van der Waals surface area contributed by atoms with Crippen LogP contribution in [0.1, 0.15) is 63.4 Å². The Bertz CT molecular complexity index is 779. The molecule has 1 aliphatic rings. The lowest BCUT2D eigenvalue weighted by atomic mass is 9.81. The second-order valence-electron chi connectivity index (χ2n) is 6.67. The molecule has 1 aromatic carbocycles. The molecule has 1 heterocycles. The maximum Gasteiger partial charge on any atom is 0.355 e. The predicted molar refractivity (Wildman–Crippen MR) is 98.8 cm³/mol. The minimum Gasteiger partial charge on any atom is -0.459 e. The van der Waals surface area contributed by atoms with Gasteiger partial charge in [-0.2, -0.15) is 0 Å². The Labute approximate surface area is 153 Å². The lowest BCUT2D eigenvalue weighted by Crippen LogP contribution is -2.18. The molecular formula is C21H25NO4. The first-order valence-corrected chi connectivity index (χ1v) is 9.16. The van der Waals surface area contributed by atoms with Gasteiger partial charge in [0, 0.05) is 24.3 Å². The van der Waals surface area contributed by atoms with Crippen molar-refractivity contribution in [2.75, 3.05) is 19.8 Å². The van der Waals surface area contributed by atoms with Gasteiger partial charge >= 0.3 is 5.97 Å². The zero-order valence-electron chi connectivity index (χ0n) is 15.3. The summed E-state index contributed by atoms with van der Waals surface area (Å²) in [5.41, 5.74) is 3.72. The Kier molecular flexibility index (Phi) is 5.89. The molecule has 26 heavy (non-hydrogen) atoms. The fourth-order valence-electron chi connectivity index (χ4n) is 3.51. The van der Waals surface area contributed by atoms with Gasteiger partial charge in [-0.25, -0.2) is 4.79 Å². The van der Waals surface area contributed by atoms with Crippen molar-refractivity contribution in [3.05, 3.63) is 58.4 Å². The average Bonchev–Trinajstić information content (AvgIpc) is 2.99. The molecule has 2 aromatic rings. The molecule has 1 aromatic heterocycles. The van der Waals surface area contributed by atoms with Crippen LogP contribution in [0, 0.1) is 6.92 Å². The van der Waals surface area contributed by atoms with Crippen molar-refractivity contribution in [2.45, 2.75) is 39.0 Å². The molecule has 1 N–H and O–H groups in total. The molecule has 5 nitrogen and oxygen atoms in total. The van der Waals surface area contributed by atoms with E-state index in [2.05, 4.69) is 4.98 Å². The second-order valence-corrected chi connectivity index (χ2v) is 6.67. The van der Waals surface area contributed by atoms with Crippen LogP contribution >= 0.6 is 0 Å². The van der Waals surface area contributed by atoms with Crippen molar-refractivity contribution in [3.63, 3.8) is 0 Å². The van der Waals surface area contributed by atoms with E-state index < -0.39 is 5.97 Å². The number of ketones is 1. The standard InChI is InChI=1S/C21H25NO4/c1-3-9-25-10-11-26-21(24)20-14(2)19-17(22-20)12-16(13-18(19)23)15-7-5-4-6-8-15/h4-8,16,22H,3,9-13H2,1-2H3/t16-/m0/s1. The summed E-state index contributed by atoms with van der Waals surface area (Å²) >= 11 is 0. The van der Waals surface area contributed by atoms with E-state index in [1.54, 1.807) is 6.92 Å². The number of carbonyl (C=O) groups excluding carboxylic acids is 2. The van der Waals surface area contributed by atoms with Crippen molar-refractivity contribution in [3.8, 4) is 0 Å². The fraction of sp³-hybridized carbons (Fsp3) is 0.429. The first kappa shape index (κ1) is 18.4. The maximum atomic E-state index is 12.7. The van der Waals surface area contributed by atoms with Crippen LogP contribution in [0.5, 0.6) is 0 Å². The minimum atomic E-state index is -0.430. The average molecular weight is 355 g/mol. The van der Waals surface area contributed by atoms with Gasteiger partial charge in [0.1, 0.15) is 12.3 Å². The van der Waals surface area contributed by atoms with Gasteiger partial charge in [-0.05, 0) is 36.8 Å². The third-order valence-electron chi connectivity index (χ3n) is 4.77. The number of hydrogen-bond acceptors (Lipinski definition) is 4. The van der Waals surface area contributed by atoms with Gasteiger partial charge < -0.3 is 14.5 Å². The van der Waals surface area contributed by atoms with E-state index in [-0.39, 0.29) is 18.3 Å². The number of Topliss-reactive ketones (excluding diaryl/α,β-unsaturated/α-hetero) is 1. The second kappa shape index (κ2) is 8.32. The van der Waals surface area contributed by atoms with Gasteiger partial charge in [0.2, 0.25) is 0 Å². The van der Waals surface area contributed by atoms with E-state index in [0.29, 0.717) is 36.5 Å². The summed E-state index contributed by atoms with van der Waals surface area (Å²) in [6.45, 7) is 5.08. The zero-order valence-corrected chi connectivity index (χ0v) is 15.3. The lowest BCUT2D eigenvalue weighted by Gasteiger charge is -2.22. The van der Waals surface area contributed by atoms with Gasteiger partial charge in [0.05, 0.1) is 6.61 Å². The molecular weight excluding hydrogens is 330 g/mol. The Balaban J connectivity index is 1.72. The highest BCUT2D eigenvalue weighted by atomic mass is 16.6. The number of fused-ring (bicyclic) bond motifs is 1. The topological polar surface area (TPSA) is 68.4 Å². The highest BCUT2D eigenvalue weighted by Crippen LogP contribution is 2.35. The van der Waals surface area contributed by atoms with Gasteiger partial charge in [-0.1, -0.05) is 37.3 Å². The molecule has 0 saturated heterocycles. The third-order valence-corrected chi connectivity index (χ3v) is 4.77. The minimum absolute atomic E-state index is 0.0826. The van der Waals surface area contributed by atoms with Gasteiger partial charge in [0.15, 0.2) is 5.78 Å². The molecule has 0 bridgehead atoms. The highest BCUT2D eigenvalue weighted by molar-refractivity contribution is 6.03. The molecule has 138 valence electrons. The van der Waals surface area contributed by atoms with Crippen LogP contribution in [0.4, 0.5) is 0 Å². The van der Waals surface area contributed by atoms with Crippen LogP contribution in [0.2, 0.25) is 0 Å². The molecule has 0 amide bonds. The number of aromatic nitrogens is 1. The molecule has 0 aliphatic heterocycles. The van der Waals surface area contributed by atoms with Gasteiger partial charge in [-0.3, -0.25) is 4.79 Å². The van der Waals surface area contributed by atoms with Crippen molar-refractivity contribution in [1.29, 1.82) is 0 Å². The summed E-state index contributed by atoms with van der Waals surface area (Å²) < 4.78 is 10.6. The number of carbonyl (C=O) groups is 2.